The van der Waals surface area contributed by atoms with Crippen molar-refractivity contribution >= 4 is 57.4 Å². The minimum Gasteiger partial charge on any atom is -0.349 e. The molecule has 25 heavy (non-hydrogen) atoms. The van der Waals surface area contributed by atoms with Crippen LogP contribution in [0.5, 0.6) is 0 Å². The van der Waals surface area contributed by atoms with Crippen molar-refractivity contribution in [2.24, 2.45) is 0 Å². The highest BCUT2D eigenvalue weighted by Crippen LogP contribution is 2.31. The van der Waals surface area contributed by atoms with Crippen molar-refractivity contribution in [1.29, 1.82) is 0 Å². The van der Waals surface area contributed by atoms with E-state index in [0.717, 1.165) is 31.7 Å². The van der Waals surface area contributed by atoms with E-state index in [2.05, 4.69) is 27.9 Å². The molecular weight excluding hydrogens is 451 g/mol. The van der Waals surface area contributed by atoms with Crippen molar-refractivity contribution in [2.45, 2.75) is 20.3 Å². The SMILES string of the molecule is CCc1ccc(N2C(=O)C(Cl)=C(Nc3ccc(I)cc3C)C2=O)cc1. The Morgan fingerprint density at radius 1 is 1.08 bits per heavy atom. The maximum absolute atomic E-state index is 12.8. The van der Waals surface area contributed by atoms with Gasteiger partial charge in [-0.15, -0.1) is 0 Å². The Hall–Kier alpha value is -1.86. The van der Waals surface area contributed by atoms with Crippen LogP contribution in [-0.2, 0) is 16.0 Å². The number of aryl methyl sites for hydroxylation is 2. The van der Waals surface area contributed by atoms with Gasteiger partial charge in [-0.05, 0) is 77.4 Å². The first kappa shape index (κ1) is 17.9. The normalized spacial score (nSPS) is 14.5. The third-order valence-electron chi connectivity index (χ3n) is 4.08. The lowest BCUT2D eigenvalue weighted by atomic mass is 10.1. The Morgan fingerprint density at radius 3 is 2.36 bits per heavy atom. The zero-order valence-corrected chi connectivity index (χ0v) is 16.7. The molecule has 1 N–H and O–H groups in total. The first-order valence-corrected chi connectivity index (χ1v) is 9.28. The van der Waals surface area contributed by atoms with Gasteiger partial charge in [-0.25, -0.2) is 4.90 Å². The number of halogens is 2. The lowest BCUT2D eigenvalue weighted by molar-refractivity contribution is -0.120. The number of hydrogen-bond acceptors (Lipinski definition) is 3. The smallest absolute Gasteiger partial charge is 0.283 e. The van der Waals surface area contributed by atoms with Crippen molar-refractivity contribution < 1.29 is 9.59 Å². The van der Waals surface area contributed by atoms with Crippen molar-refractivity contribution in [3.8, 4) is 0 Å². The fourth-order valence-corrected chi connectivity index (χ4v) is 3.49. The van der Waals surface area contributed by atoms with Crippen LogP contribution in [-0.4, -0.2) is 11.8 Å². The summed E-state index contributed by atoms with van der Waals surface area (Å²) < 4.78 is 1.09. The summed E-state index contributed by atoms with van der Waals surface area (Å²) in [7, 11) is 0. The molecule has 1 aliphatic rings. The number of nitrogens with one attached hydrogen (secondary N) is 1. The molecule has 0 bridgehead atoms. The molecule has 1 heterocycles. The molecule has 6 heteroatoms. The first-order valence-electron chi connectivity index (χ1n) is 7.83. The Bertz CT molecular complexity index is 891. The number of benzene rings is 2. The summed E-state index contributed by atoms with van der Waals surface area (Å²) >= 11 is 8.38. The third-order valence-corrected chi connectivity index (χ3v) is 5.10. The number of rotatable bonds is 4. The predicted octanol–water partition coefficient (Wildman–Crippen LogP) is 4.60. The Labute approximate surface area is 165 Å². The summed E-state index contributed by atoms with van der Waals surface area (Å²) in [6.07, 6.45) is 0.889. The van der Waals surface area contributed by atoms with Crippen LogP contribution in [0.4, 0.5) is 11.4 Å². The van der Waals surface area contributed by atoms with Gasteiger partial charge in [-0.3, -0.25) is 9.59 Å². The van der Waals surface area contributed by atoms with Crippen LogP contribution in [0.25, 0.3) is 0 Å². The first-order chi connectivity index (χ1) is 11.9. The van der Waals surface area contributed by atoms with Crippen molar-refractivity contribution in [3.63, 3.8) is 0 Å². The largest absolute Gasteiger partial charge is 0.349 e. The second-order valence-electron chi connectivity index (χ2n) is 5.74. The van der Waals surface area contributed by atoms with Crippen LogP contribution >= 0.6 is 34.2 Å². The van der Waals surface area contributed by atoms with Crippen LogP contribution < -0.4 is 10.2 Å². The number of carbonyl (C=O) groups excluding carboxylic acids is 2. The molecule has 0 saturated heterocycles. The number of imide groups is 1. The Balaban J connectivity index is 1.90. The van der Waals surface area contributed by atoms with Crippen molar-refractivity contribution in [3.05, 3.63) is 67.9 Å². The molecule has 2 amide bonds. The summed E-state index contributed by atoms with van der Waals surface area (Å²) in [5, 5.41) is 2.93. The van der Waals surface area contributed by atoms with Gasteiger partial charge in [0.25, 0.3) is 11.8 Å². The van der Waals surface area contributed by atoms with Gasteiger partial charge in [0.15, 0.2) is 0 Å². The number of anilines is 2. The van der Waals surface area contributed by atoms with Gasteiger partial charge >= 0.3 is 0 Å². The minimum absolute atomic E-state index is 0.0949. The van der Waals surface area contributed by atoms with Gasteiger partial charge in [-0.1, -0.05) is 30.7 Å². The lowest BCUT2D eigenvalue weighted by Gasteiger charge is -2.16. The van der Waals surface area contributed by atoms with Gasteiger partial charge in [0.2, 0.25) is 0 Å². The van der Waals surface area contributed by atoms with E-state index < -0.39 is 11.8 Å². The molecule has 0 aromatic heterocycles. The van der Waals surface area contributed by atoms with Crippen LogP contribution in [0.1, 0.15) is 18.1 Å². The lowest BCUT2D eigenvalue weighted by Crippen LogP contribution is -2.32. The monoisotopic (exact) mass is 466 g/mol. The Morgan fingerprint density at radius 2 is 1.76 bits per heavy atom. The number of carbonyl (C=O) groups is 2. The highest BCUT2D eigenvalue weighted by Gasteiger charge is 2.39. The average Bonchev–Trinajstić information content (AvgIpc) is 2.81. The molecule has 2 aromatic rings. The van der Waals surface area contributed by atoms with Gasteiger partial charge in [-0.2, -0.15) is 0 Å². The summed E-state index contributed by atoms with van der Waals surface area (Å²) in [6, 6.07) is 13.1. The average molecular weight is 467 g/mol. The molecule has 0 spiro atoms. The summed E-state index contributed by atoms with van der Waals surface area (Å²) in [4.78, 5) is 26.4. The van der Waals surface area contributed by atoms with Crippen LogP contribution in [0.3, 0.4) is 0 Å². The third kappa shape index (κ3) is 3.43. The Kier molecular flexibility index (Phi) is 5.15. The zero-order chi connectivity index (χ0) is 18.1. The standard InChI is InChI=1S/C19H16ClIN2O2/c1-3-12-4-7-14(8-5-12)23-18(24)16(20)17(19(23)25)22-15-9-6-13(21)10-11(15)2/h4-10,22H,3H2,1-2H3. The maximum Gasteiger partial charge on any atom is 0.283 e. The quantitative estimate of drug-likeness (QED) is 0.529. The highest BCUT2D eigenvalue weighted by molar-refractivity contribution is 14.1. The van der Waals surface area contributed by atoms with Gasteiger partial charge in [0.05, 0.1) is 5.69 Å². The molecule has 0 atom stereocenters. The van der Waals surface area contributed by atoms with Crippen molar-refractivity contribution in [2.75, 3.05) is 10.2 Å². The van der Waals surface area contributed by atoms with E-state index in [0.29, 0.717) is 5.69 Å². The van der Waals surface area contributed by atoms with Gasteiger partial charge in [0, 0.05) is 9.26 Å². The van der Waals surface area contributed by atoms with Crippen LogP contribution in [0, 0.1) is 10.5 Å². The van der Waals surface area contributed by atoms with Gasteiger partial charge < -0.3 is 5.32 Å². The molecule has 0 unspecified atom stereocenters. The van der Waals surface area contributed by atoms with Gasteiger partial charge in [0.1, 0.15) is 10.7 Å². The molecule has 128 valence electrons. The molecule has 2 aromatic carbocycles. The molecule has 0 aliphatic carbocycles. The van der Waals surface area contributed by atoms with E-state index in [1.165, 1.54) is 0 Å². The van der Waals surface area contributed by atoms with Crippen LogP contribution in [0.2, 0.25) is 0 Å². The fourth-order valence-electron chi connectivity index (χ4n) is 2.63. The predicted molar refractivity (Wildman–Crippen MR) is 109 cm³/mol. The van der Waals surface area contributed by atoms with E-state index in [4.69, 9.17) is 11.6 Å². The summed E-state index contributed by atoms with van der Waals surface area (Å²) in [5.74, 6) is -0.959. The number of nitrogens with zero attached hydrogens (tertiary/aromatic N) is 1. The molecule has 3 rings (SSSR count). The highest BCUT2D eigenvalue weighted by atomic mass is 127. The molecule has 0 radical (unpaired) electrons. The molecule has 4 nitrogen and oxygen atoms in total. The van der Waals surface area contributed by atoms with E-state index in [1.807, 2.05) is 44.2 Å². The fraction of sp³-hybridized carbons (Fsp3) is 0.158. The summed E-state index contributed by atoms with van der Waals surface area (Å²) in [5.41, 5.74) is 3.47. The molecular formula is C19H16ClIN2O2. The van der Waals surface area contributed by atoms with E-state index in [1.54, 1.807) is 12.1 Å². The van der Waals surface area contributed by atoms with E-state index >= 15 is 0 Å². The molecule has 0 fully saturated rings. The van der Waals surface area contributed by atoms with Crippen LogP contribution in [0.15, 0.2) is 53.2 Å². The zero-order valence-electron chi connectivity index (χ0n) is 13.8. The second-order valence-corrected chi connectivity index (χ2v) is 7.36. The number of amides is 2. The molecule has 1 aliphatic heterocycles. The van der Waals surface area contributed by atoms with E-state index in [-0.39, 0.29) is 10.7 Å². The molecule has 0 saturated carbocycles. The topological polar surface area (TPSA) is 49.4 Å². The van der Waals surface area contributed by atoms with Crippen molar-refractivity contribution in [1.82, 2.24) is 0 Å². The van der Waals surface area contributed by atoms with E-state index in [9.17, 15) is 9.59 Å². The minimum atomic E-state index is -0.512. The second kappa shape index (κ2) is 7.17. The number of hydrogen-bond donors (Lipinski definition) is 1. The summed E-state index contributed by atoms with van der Waals surface area (Å²) in [6.45, 7) is 3.98. The maximum atomic E-state index is 12.8.